The van der Waals surface area contributed by atoms with E-state index in [2.05, 4.69) is 15.3 Å². The molecule has 0 spiro atoms. The molecule has 2 atom stereocenters. The number of aromatic nitrogens is 2. The topological polar surface area (TPSA) is 75.2 Å². The van der Waals surface area contributed by atoms with Gasteiger partial charge in [0.1, 0.15) is 18.4 Å². The zero-order chi connectivity index (χ0) is 14.3. The number of hydrogen-bond donors (Lipinski definition) is 1. The van der Waals surface area contributed by atoms with Gasteiger partial charge in [0.25, 0.3) is 5.91 Å². The average Bonchev–Trinajstić information content (AvgIpc) is 3.25. The van der Waals surface area contributed by atoms with Crippen LogP contribution in [0.1, 0.15) is 26.7 Å². The van der Waals surface area contributed by atoms with Gasteiger partial charge in [-0.2, -0.15) is 0 Å². The Balaban J connectivity index is 1.99. The molecular weight excluding hydrogens is 256 g/mol. The second-order valence-corrected chi connectivity index (χ2v) is 5.82. The van der Waals surface area contributed by atoms with E-state index in [1.807, 2.05) is 13.8 Å². The van der Waals surface area contributed by atoms with Gasteiger partial charge < -0.3 is 5.32 Å². The molecule has 20 heavy (non-hydrogen) atoms. The number of nitrogens with one attached hydrogen (secondary N) is 1. The molecular formula is C14H18N4O2. The van der Waals surface area contributed by atoms with E-state index in [4.69, 9.17) is 0 Å². The first-order chi connectivity index (χ1) is 9.59. The van der Waals surface area contributed by atoms with Gasteiger partial charge in [-0.1, -0.05) is 13.8 Å². The molecule has 2 heterocycles. The molecule has 6 nitrogen and oxygen atoms in total. The van der Waals surface area contributed by atoms with Gasteiger partial charge in [-0.3, -0.25) is 14.5 Å². The quantitative estimate of drug-likeness (QED) is 0.882. The monoisotopic (exact) mass is 274 g/mol. The van der Waals surface area contributed by atoms with Crippen LogP contribution in [-0.2, 0) is 9.59 Å². The molecule has 0 aromatic carbocycles. The van der Waals surface area contributed by atoms with E-state index in [1.165, 1.54) is 6.33 Å². The first-order valence-electron chi connectivity index (χ1n) is 6.98. The van der Waals surface area contributed by atoms with Crippen LogP contribution in [0.25, 0.3) is 0 Å². The van der Waals surface area contributed by atoms with Crippen molar-refractivity contribution in [3.8, 4) is 0 Å². The molecule has 6 heteroatoms. The number of hydrogen-bond acceptors (Lipinski definition) is 4. The molecule has 2 aliphatic rings. The summed E-state index contributed by atoms with van der Waals surface area (Å²) in [5, 5.41) is 2.89. The Hall–Kier alpha value is -1.98. The molecule has 1 N–H and O–H groups in total. The average molecular weight is 274 g/mol. The largest absolute Gasteiger partial charge is 0.342 e. The van der Waals surface area contributed by atoms with Crippen molar-refractivity contribution < 1.29 is 9.59 Å². The highest BCUT2D eigenvalue weighted by atomic mass is 16.2. The fraction of sp³-hybridized carbons (Fsp3) is 0.571. The van der Waals surface area contributed by atoms with E-state index in [0.717, 1.165) is 12.8 Å². The maximum Gasteiger partial charge on any atom is 0.250 e. The predicted octanol–water partition coefficient (Wildman–Crippen LogP) is 0.743. The first kappa shape index (κ1) is 13.0. The Morgan fingerprint density at radius 3 is 2.45 bits per heavy atom. The fourth-order valence-corrected chi connectivity index (χ4v) is 2.76. The minimum absolute atomic E-state index is 0.0271. The summed E-state index contributed by atoms with van der Waals surface area (Å²) < 4.78 is 0. The van der Waals surface area contributed by atoms with Crippen LogP contribution in [0.4, 0.5) is 5.69 Å². The third kappa shape index (κ3) is 2.15. The van der Waals surface area contributed by atoms with Crippen LogP contribution in [0.3, 0.4) is 0 Å². The highest BCUT2D eigenvalue weighted by Crippen LogP contribution is 2.36. The summed E-state index contributed by atoms with van der Waals surface area (Å²) in [5.74, 6) is 0.187. The van der Waals surface area contributed by atoms with E-state index in [1.54, 1.807) is 17.3 Å². The molecule has 1 aromatic heterocycles. The molecule has 1 aliphatic heterocycles. The SMILES string of the molecule is CC(C)C1C(=O)NC(C2CC2)C(=O)N1c1cncnc1. The van der Waals surface area contributed by atoms with Gasteiger partial charge in [-0.05, 0) is 24.7 Å². The van der Waals surface area contributed by atoms with Gasteiger partial charge in [0.05, 0.1) is 18.1 Å². The summed E-state index contributed by atoms with van der Waals surface area (Å²) in [7, 11) is 0. The number of amides is 2. The summed E-state index contributed by atoms with van der Waals surface area (Å²) in [5.41, 5.74) is 0.594. The van der Waals surface area contributed by atoms with Crippen molar-refractivity contribution in [2.24, 2.45) is 11.8 Å². The Morgan fingerprint density at radius 2 is 1.90 bits per heavy atom. The maximum absolute atomic E-state index is 12.7. The van der Waals surface area contributed by atoms with Crippen molar-refractivity contribution in [3.63, 3.8) is 0 Å². The molecule has 1 saturated heterocycles. The van der Waals surface area contributed by atoms with E-state index in [-0.39, 0.29) is 23.7 Å². The number of piperazine rings is 1. The van der Waals surface area contributed by atoms with Crippen LogP contribution in [0, 0.1) is 11.8 Å². The molecule has 1 aliphatic carbocycles. The normalized spacial score (nSPS) is 26.9. The lowest BCUT2D eigenvalue weighted by molar-refractivity contribution is -0.135. The summed E-state index contributed by atoms with van der Waals surface area (Å²) in [6.45, 7) is 3.87. The Bertz CT molecular complexity index is 527. The van der Waals surface area contributed by atoms with Crippen LogP contribution in [0.5, 0.6) is 0 Å². The highest BCUT2D eigenvalue weighted by molar-refractivity contribution is 6.08. The summed E-state index contributed by atoms with van der Waals surface area (Å²) >= 11 is 0. The van der Waals surface area contributed by atoms with Crippen LogP contribution in [0.15, 0.2) is 18.7 Å². The van der Waals surface area contributed by atoms with Crippen molar-refractivity contribution in [2.45, 2.75) is 38.8 Å². The van der Waals surface area contributed by atoms with Gasteiger partial charge in [0.2, 0.25) is 5.91 Å². The third-order valence-corrected chi connectivity index (χ3v) is 3.90. The maximum atomic E-state index is 12.7. The van der Waals surface area contributed by atoms with Crippen molar-refractivity contribution >= 4 is 17.5 Å². The standard InChI is InChI=1S/C14H18N4O2/c1-8(2)12-13(19)17-11(9-3-4-9)14(20)18(12)10-5-15-7-16-6-10/h5-9,11-12H,3-4H2,1-2H3,(H,17,19). The van der Waals surface area contributed by atoms with Crippen LogP contribution >= 0.6 is 0 Å². The molecule has 0 radical (unpaired) electrons. The molecule has 2 fully saturated rings. The van der Waals surface area contributed by atoms with Gasteiger partial charge in [0, 0.05) is 0 Å². The van der Waals surface area contributed by atoms with Crippen molar-refractivity contribution in [2.75, 3.05) is 4.90 Å². The second kappa shape index (κ2) is 4.85. The van der Waals surface area contributed by atoms with Gasteiger partial charge in [-0.25, -0.2) is 9.97 Å². The molecule has 2 amide bonds. The van der Waals surface area contributed by atoms with Crippen molar-refractivity contribution in [3.05, 3.63) is 18.7 Å². The minimum atomic E-state index is -0.497. The number of rotatable bonds is 3. The van der Waals surface area contributed by atoms with E-state index in [9.17, 15) is 9.59 Å². The lowest BCUT2D eigenvalue weighted by Gasteiger charge is -2.40. The smallest absolute Gasteiger partial charge is 0.250 e. The zero-order valence-electron chi connectivity index (χ0n) is 11.6. The lowest BCUT2D eigenvalue weighted by atomic mass is 9.95. The number of carbonyl (C=O) groups is 2. The van der Waals surface area contributed by atoms with Crippen molar-refractivity contribution in [1.29, 1.82) is 0 Å². The van der Waals surface area contributed by atoms with E-state index >= 15 is 0 Å². The second-order valence-electron chi connectivity index (χ2n) is 5.82. The summed E-state index contributed by atoms with van der Waals surface area (Å²) in [6, 6.07) is -0.888. The minimum Gasteiger partial charge on any atom is -0.342 e. The highest BCUT2D eigenvalue weighted by Gasteiger charge is 2.48. The first-order valence-corrected chi connectivity index (χ1v) is 6.98. The number of carbonyl (C=O) groups excluding carboxylic acids is 2. The van der Waals surface area contributed by atoms with Crippen LogP contribution in [0.2, 0.25) is 0 Å². The van der Waals surface area contributed by atoms with Crippen LogP contribution in [-0.4, -0.2) is 33.9 Å². The Morgan fingerprint density at radius 1 is 1.25 bits per heavy atom. The van der Waals surface area contributed by atoms with Crippen LogP contribution < -0.4 is 10.2 Å². The molecule has 2 unspecified atom stereocenters. The fourth-order valence-electron chi connectivity index (χ4n) is 2.76. The number of nitrogens with zero attached hydrogens (tertiary/aromatic N) is 3. The summed E-state index contributed by atoms with van der Waals surface area (Å²) in [4.78, 5) is 34.6. The summed E-state index contributed by atoms with van der Waals surface area (Å²) in [6.07, 6.45) is 6.59. The van der Waals surface area contributed by atoms with E-state index < -0.39 is 12.1 Å². The Kier molecular flexibility index (Phi) is 3.16. The number of anilines is 1. The molecule has 1 aromatic rings. The Labute approximate surface area is 117 Å². The van der Waals surface area contributed by atoms with E-state index in [0.29, 0.717) is 5.69 Å². The molecule has 0 bridgehead atoms. The zero-order valence-corrected chi connectivity index (χ0v) is 11.6. The molecule has 3 rings (SSSR count). The lowest BCUT2D eigenvalue weighted by Crippen LogP contribution is -2.65. The van der Waals surface area contributed by atoms with Gasteiger partial charge in [0.15, 0.2) is 0 Å². The molecule has 106 valence electrons. The predicted molar refractivity (Wildman–Crippen MR) is 72.8 cm³/mol. The van der Waals surface area contributed by atoms with Gasteiger partial charge >= 0.3 is 0 Å². The molecule has 1 saturated carbocycles. The van der Waals surface area contributed by atoms with Gasteiger partial charge in [-0.15, -0.1) is 0 Å². The van der Waals surface area contributed by atoms with Crippen molar-refractivity contribution in [1.82, 2.24) is 15.3 Å². The third-order valence-electron chi connectivity index (χ3n) is 3.90.